The van der Waals surface area contributed by atoms with Crippen molar-refractivity contribution in [2.75, 3.05) is 12.4 Å². The van der Waals surface area contributed by atoms with E-state index < -0.39 is 5.91 Å². The average molecular weight is 422 g/mol. The Morgan fingerprint density at radius 3 is 2.72 bits per heavy atom. The van der Waals surface area contributed by atoms with Gasteiger partial charge in [0.1, 0.15) is 11.6 Å². The summed E-state index contributed by atoms with van der Waals surface area (Å²) in [5.41, 5.74) is 1.79. The molecule has 0 unspecified atom stereocenters. The Morgan fingerprint density at radius 2 is 2.12 bits per heavy atom. The molecule has 0 atom stereocenters. The summed E-state index contributed by atoms with van der Waals surface area (Å²) in [5, 5.41) is 22.4. The van der Waals surface area contributed by atoms with Crippen LogP contribution in [0.2, 0.25) is 5.02 Å². The van der Waals surface area contributed by atoms with Crippen molar-refractivity contribution in [2.24, 2.45) is 0 Å². The summed E-state index contributed by atoms with van der Waals surface area (Å²) in [6.45, 7) is 1.80. The van der Waals surface area contributed by atoms with E-state index in [9.17, 15) is 15.2 Å². The maximum absolute atomic E-state index is 12.4. The predicted molar refractivity (Wildman–Crippen MR) is 101 cm³/mol. The van der Waals surface area contributed by atoms with Gasteiger partial charge >= 0.3 is 0 Å². The highest BCUT2D eigenvalue weighted by atomic mass is 79.9. The van der Waals surface area contributed by atoms with E-state index in [1.165, 1.54) is 19.3 Å². The number of methoxy groups -OCH3 is 1. The van der Waals surface area contributed by atoms with Crippen LogP contribution in [-0.2, 0) is 4.79 Å². The number of amides is 1. The summed E-state index contributed by atoms with van der Waals surface area (Å²) in [6.07, 6.45) is 1.41. The second kappa shape index (κ2) is 8.06. The highest BCUT2D eigenvalue weighted by Gasteiger charge is 2.13. The van der Waals surface area contributed by atoms with Crippen molar-refractivity contribution in [3.05, 3.63) is 56.5 Å². The van der Waals surface area contributed by atoms with Crippen molar-refractivity contribution in [3.63, 3.8) is 0 Å². The van der Waals surface area contributed by atoms with Gasteiger partial charge in [0.05, 0.1) is 11.6 Å². The first-order valence-electron chi connectivity index (χ1n) is 7.11. The van der Waals surface area contributed by atoms with Crippen LogP contribution in [0.25, 0.3) is 6.08 Å². The van der Waals surface area contributed by atoms with E-state index in [0.717, 1.165) is 5.56 Å². The molecule has 5 nitrogen and oxygen atoms in total. The Morgan fingerprint density at radius 1 is 1.40 bits per heavy atom. The molecule has 0 saturated heterocycles. The van der Waals surface area contributed by atoms with E-state index in [1.807, 2.05) is 6.07 Å². The molecule has 2 aromatic carbocycles. The molecule has 0 heterocycles. The standard InChI is InChI=1S/C18H14BrClN2O3/c1-10-5-13(20)3-4-15(10)22-18(24)12(9-21)6-11-7-14(19)17(23)16(8-11)25-2/h3-8,23H,1-2H3,(H,22,24)/b12-6+. The summed E-state index contributed by atoms with van der Waals surface area (Å²) in [6, 6.07) is 10.0. The van der Waals surface area contributed by atoms with Gasteiger partial charge in [-0.2, -0.15) is 5.26 Å². The Kier molecular flexibility index (Phi) is 6.07. The fourth-order valence-electron chi connectivity index (χ4n) is 2.10. The summed E-state index contributed by atoms with van der Waals surface area (Å²) in [4.78, 5) is 12.4. The molecule has 0 saturated carbocycles. The number of anilines is 1. The first-order valence-corrected chi connectivity index (χ1v) is 8.28. The number of aryl methyl sites for hydroxylation is 1. The molecule has 1 amide bonds. The van der Waals surface area contributed by atoms with E-state index in [2.05, 4.69) is 21.2 Å². The van der Waals surface area contributed by atoms with E-state index in [1.54, 1.807) is 31.2 Å². The normalized spacial score (nSPS) is 10.9. The van der Waals surface area contributed by atoms with Gasteiger partial charge in [-0.1, -0.05) is 11.6 Å². The zero-order valence-electron chi connectivity index (χ0n) is 13.4. The zero-order valence-corrected chi connectivity index (χ0v) is 15.8. The minimum Gasteiger partial charge on any atom is -0.503 e. The number of rotatable bonds is 4. The third kappa shape index (κ3) is 4.53. The summed E-state index contributed by atoms with van der Waals surface area (Å²) < 4.78 is 5.45. The molecule has 2 rings (SSSR count). The van der Waals surface area contributed by atoms with Crippen LogP contribution < -0.4 is 10.1 Å². The van der Waals surface area contributed by atoms with Gasteiger partial charge in [0, 0.05) is 10.7 Å². The van der Waals surface area contributed by atoms with Crippen LogP contribution >= 0.6 is 27.5 Å². The lowest BCUT2D eigenvalue weighted by molar-refractivity contribution is -0.112. The average Bonchev–Trinajstić information content (AvgIpc) is 2.57. The SMILES string of the molecule is COc1cc(/C=C(\C#N)C(=O)Nc2ccc(Cl)cc2C)cc(Br)c1O. The molecule has 25 heavy (non-hydrogen) atoms. The van der Waals surface area contributed by atoms with Crippen LogP contribution in [0.15, 0.2) is 40.4 Å². The first-order chi connectivity index (χ1) is 11.8. The number of ether oxygens (including phenoxy) is 1. The van der Waals surface area contributed by atoms with Gasteiger partial charge in [-0.15, -0.1) is 0 Å². The van der Waals surface area contributed by atoms with Crippen LogP contribution in [-0.4, -0.2) is 18.1 Å². The molecule has 2 N–H and O–H groups in total. The molecule has 0 bridgehead atoms. The molecule has 0 aliphatic carbocycles. The van der Waals surface area contributed by atoms with Gasteiger partial charge in [-0.3, -0.25) is 4.79 Å². The molecule has 0 fully saturated rings. The highest BCUT2D eigenvalue weighted by Crippen LogP contribution is 2.35. The van der Waals surface area contributed by atoms with Gasteiger partial charge in [0.15, 0.2) is 11.5 Å². The number of hydrogen-bond acceptors (Lipinski definition) is 4. The first kappa shape index (κ1) is 18.8. The zero-order chi connectivity index (χ0) is 18.6. The number of phenolic OH excluding ortho intramolecular Hbond substituents is 1. The molecule has 2 aromatic rings. The predicted octanol–water partition coefficient (Wildman–Crippen LogP) is 4.67. The Bertz CT molecular complexity index is 904. The number of phenols is 1. The minimum atomic E-state index is -0.545. The number of benzene rings is 2. The molecule has 0 aliphatic rings. The van der Waals surface area contributed by atoms with Gasteiger partial charge in [0.25, 0.3) is 5.91 Å². The molecular formula is C18H14BrClN2O3. The van der Waals surface area contributed by atoms with Gasteiger partial charge < -0.3 is 15.2 Å². The highest BCUT2D eigenvalue weighted by molar-refractivity contribution is 9.10. The Balaban J connectivity index is 2.32. The third-order valence-electron chi connectivity index (χ3n) is 3.38. The number of halogens is 2. The van der Waals surface area contributed by atoms with Crippen LogP contribution in [0.1, 0.15) is 11.1 Å². The fourth-order valence-corrected chi connectivity index (χ4v) is 2.79. The van der Waals surface area contributed by atoms with Crippen LogP contribution in [0.5, 0.6) is 11.5 Å². The van der Waals surface area contributed by atoms with Crippen molar-refractivity contribution in [1.82, 2.24) is 0 Å². The number of aromatic hydroxyl groups is 1. The Labute approximate surface area is 158 Å². The van der Waals surface area contributed by atoms with Gasteiger partial charge in [-0.25, -0.2) is 0 Å². The number of carbonyl (C=O) groups excluding carboxylic acids is 1. The van der Waals surface area contributed by atoms with Crippen molar-refractivity contribution >= 4 is 45.2 Å². The quantitative estimate of drug-likeness (QED) is 0.555. The van der Waals surface area contributed by atoms with Crippen LogP contribution in [0, 0.1) is 18.3 Å². The topological polar surface area (TPSA) is 82.3 Å². The lowest BCUT2D eigenvalue weighted by atomic mass is 10.1. The van der Waals surface area contributed by atoms with Crippen molar-refractivity contribution in [1.29, 1.82) is 5.26 Å². The van der Waals surface area contributed by atoms with Crippen LogP contribution in [0.3, 0.4) is 0 Å². The summed E-state index contributed by atoms with van der Waals surface area (Å²) in [5.74, 6) is -0.373. The molecule has 0 aromatic heterocycles. The van der Waals surface area contributed by atoms with E-state index in [0.29, 0.717) is 20.7 Å². The number of nitrogens with zero attached hydrogens (tertiary/aromatic N) is 1. The van der Waals surface area contributed by atoms with Crippen molar-refractivity contribution in [2.45, 2.75) is 6.92 Å². The van der Waals surface area contributed by atoms with E-state index >= 15 is 0 Å². The number of nitriles is 1. The fraction of sp³-hybridized carbons (Fsp3) is 0.111. The number of hydrogen-bond donors (Lipinski definition) is 2. The monoisotopic (exact) mass is 420 g/mol. The minimum absolute atomic E-state index is 0.0561. The van der Waals surface area contributed by atoms with Crippen molar-refractivity contribution < 1.29 is 14.6 Å². The van der Waals surface area contributed by atoms with Gasteiger partial charge in [0.2, 0.25) is 0 Å². The lowest BCUT2D eigenvalue weighted by Gasteiger charge is -2.09. The molecule has 128 valence electrons. The second-order valence-corrected chi connectivity index (χ2v) is 6.43. The largest absolute Gasteiger partial charge is 0.503 e. The van der Waals surface area contributed by atoms with E-state index in [-0.39, 0.29) is 17.1 Å². The smallest absolute Gasteiger partial charge is 0.266 e. The van der Waals surface area contributed by atoms with E-state index in [4.69, 9.17) is 16.3 Å². The number of nitrogens with one attached hydrogen (secondary N) is 1. The molecule has 0 spiro atoms. The molecule has 0 radical (unpaired) electrons. The summed E-state index contributed by atoms with van der Waals surface area (Å²) in [7, 11) is 1.41. The molecular weight excluding hydrogens is 408 g/mol. The molecule has 7 heteroatoms. The lowest BCUT2D eigenvalue weighted by Crippen LogP contribution is -2.14. The van der Waals surface area contributed by atoms with Crippen LogP contribution in [0.4, 0.5) is 5.69 Å². The van der Waals surface area contributed by atoms with Crippen molar-refractivity contribution in [3.8, 4) is 17.6 Å². The maximum atomic E-state index is 12.4. The maximum Gasteiger partial charge on any atom is 0.266 e. The Hall–Kier alpha value is -2.49. The van der Waals surface area contributed by atoms with Gasteiger partial charge in [-0.05, 0) is 70.4 Å². The summed E-state index contributed by atoms with van der Waals surface area (Å²) >= 11 is 9.10. The molecule has 0 aliphatic heterocycles. The second-order valence-electron chi connectivity index (χ2n) is 5.14. The third-order valence-corrected chi connectivity index (χ3v) is 4.22. The number of carbonyl (C=O) groups is 1.